The maximum atomic E-state index is 14.6. The minimum absolute atomic E-state index is 0.0863. The fourth-order valence-corrected chi connectivity index (χ4v) is 5.17. The number of imidazole rings is 1. The van der Waals surface area contributed by atoms with Crippen molar-refractivity contribution in [1.82, 2.24) is 9.97 Å². The SMILES string of the molecule is COC1CCN=C(CS(=O)c2nc3cc(N4CCC(=O)CC4)c(F)cc3[nH]2)C1C. The van der Waals surface area contributed by atoms with Crippen LogP contribution in [0.25, 0.3) is 11.0 Å². The van der Waals surface area contributed by atoms with E-state index >= 15 is 0 Å². The summed E-state index contributed by atoms with van der Waals surface area (Å²) in [5, 5.41) is 0.319. The van der Waals surface area contributed by atoms with Crippen LogP contribution >= 0.6 is 0 Å². The summed E-state index contributed by atoms with van der Waals surface area (Å²) in [5.41, 5.74) is 2.37. The number of ketones is 1. The Morgan fingerprint density at radius 3 is 2.83 bits per heavy atom. The van der Waals surface area contributed by atoms with Gasteiger partial charge in [-0.1, -0.05) is 6.92 Å². The van der Waals surface area contributed by atoms with Crippen LogP contribution in [-0.4, -0.2) is 64.3 Å². The number of nitrogens with one attached hydrogen (secondary N) is 1. The molecule has 29 heavy (non-hydrogen) atoms. The lowest BCUT2D eigenvalue weighted by Gasteiger charge is -2.28. The summed E-state index contributed by atoms with van der Waals surface area (Å²) < 4.78 is 33.0. The van der Waals surface area contributed by atoms with Gasteiger partial charge in [-0.25, -0.2) is 9.37 Å². The van der Waals surface area contributed by atoms with Gasteiger partial charge in [0.25, 0.3) is 0 Å². The molecule has 3 heterocycles. The molecule has 1 aromatic heterocycles. The van der Waals surface area contributed by atoms with E-state index in [9.17, 15) is 13.4 Å². The third-order valence-corrected chi connectivity index (χ3v) is 6.98. The van der Waals surface area contributed by atoms with E-state index in [1.54, 1.807) is 13.2 Å². The Morgan fingerprint density at radius 2 is 2.10 bits per heavy atom. The first kappa shape index (κ1) is 20.2. The van der Waals surface area contributed by atoms with Gasteiger partial charge in [-0.3, -0.25) is 14.0 Å². The number of carbonyl (C=O) groups excluding carboxylic acids is 1. The maximum Gasteiger partial charge on any atom is 0.197 e. The highest BCUT2D eigenvalue weighted by Crippen LogP contribution is 2.28. The van der Waals surface area contributed by atoms with Crippen molar-refractivity contribution in [2.45, 2.75) is 37.4 Å². The second-order valence-corrected chi connectivity index (χ2v) is 8.97. The maximum absolute atomic E-state index is 14.6. The standard InChI is InChI=1S/C20H25FN4O3S/c1-12-17(22-6-3-19(12)28-2)11-29(27)20-23-15-9-14(21)18(10-16(15)24-20)25-7-4-13(26)5-8-25/h9-10,12,19H,3-8,11H2,1-2H3,(H,23,24). The largest absolute Gasteiger partial charge is 0.381 e. The zero-order chi connectivity index (χ0) is 20.5. The molecule has 0 spiro atoms. The number of methoxy groups -OCH3 is 1. The number of aromatic nitrogens is 2. The molecule has 1 N–H and O–H groups in total. The van der Waals surface area contributed by atoms with Gasteiger partial charge in [0.1, 0.15) is 11.6 Å². The van der Waals surface area contributed by atoms with Gasteiger partial charge in [0.05, 0.1) is 39.4 Å². The monoisotopic (exact) mass is 420 g/mol. The van der Waals surface area contributed by atoms with E-state index in [0.29, 0.717) is 54.4 Å². The van der Waals surface area contributed by atoms with Crippen molar-refractivity contribution < 1.29 is 18.1 Å². The van der Waals surface area contributed by atoms with Crippen LogP contribution < -0.4 is 4.90 Å². The molecule has 9 heteroatoms. The zero-order valence-electron chi connectivity index (χ0n) is 16.6. The number of rotatable bonds is 5. The number of anilines is 1. The van der Waals surface area contributed by atoms with Crippen molar-refractivity contribution in [2.24, 2.45) is 10.9 Å². The summed E-state index contributed by atoms with van der Waals surface area (Å²) in [5.74, 6) is 0.217. The third kappa shape index (κ3) is 4.11. The number of fused-ring (bicyclic) bond motifs is 1. The van der Waals surface area contributed by atoms with Crippen molar-refractivity contribution in [2.75, 3.05) is 37.4 Å². The van der Waals surface area contributed by atoms with Gasteiger partial charge in [0.2, 0.25) is 0 Å². The van der Waals surface area contributed by atoms with Gasteiger partial charge in [-0.2, -0.15) is 0 Å². The molecule has 156 valence electrons. The predicted molar refractivity (Wildman–Crippen MR) is 111 cm³/mol. The summed E-state index contributed by atoms with van der Waals surface area (Å²) in [6.45, 7) is 3.71. The van der Waals surface area contributed by atoms with E-state index in [0.717, 1.165) is 12.1 Å². The lowest BCUT2D eigenvalue weighted by atomic mass is 9.94. The zero-order valence-corrected chi connectivity index (χ0v) is 17.4. The lowest BCUT2D eigenvalue weighted by molar-refractivity contribution is -0.119. The Balaban J connectivity index is 1.55. The molecule has 2 aliphatic rings. The van der Waals surface area contributed by atoms with E-state index in [4.69, 9.17) is 4.74 Å². The highest BCUT2D eigenvalue weighted by molar-refractivity contribution is 7.85. The second-order valence-electron chi connectivity index (χ2n) is 7.60. The molecule has 0 saturated carbocycles. The summed E-state index contributed by atoms with van der Waals surface area (Å²) in [6.07, 6.45) is 1.80. The van der Waals surface area contributed by atoms with Crippen molar-refractivity contribution in [3.8, 4) is 0 Å². The van der Waals surface area contributed by atoms with Crippen molar-refractivity contribution in [3.63, 3.8) is 0 Å². The van der Waals surface area contributed by atoms with Crippen LogP contribution in [-0.2, 0) is 20.3 Å². The van der Waals surface area contributed by atoms with Crippen LogP contribution in [0, 0.1) is 11.7 Å². The number of nitrogens with zero attached hydrogens (tertiary/aromatic N) is 3. The van der Waals surface area contributed by atoms with E-state index < -0.39 is 10.8 Å². The molecular weight excluding hydrogens is 395 g/mol. The Hall–Kier alpha value is -2.13. The van der Waals surface area contributed by atoms with Crippen LogP contribution in [0.1, 0.15) is 26.2 Å². The smallest absolute Gasteiger partial charge is 0.197 e. The Morgan fingerprint density at radius 1 is 1.34 bits per heavy atom. The van der Waals surface area contributed by atoms with E-state index in [1.165, 1.54) is 6.07 Å². The van der Waals surface area contributed by atoms with Gasteiger partial charge in [-0.05, 0) is 12.5 Å². The van der Waals surface area contributed by atoms with Crippen LogP contribution in [0.4, 0.5) is 10.1 Å². The van der Waals surface area contributed by atoms with Crippen molar-refractivity contribution in [1.29, 1.82) is 0 Å². The van der Waals surface area contributed by atoms with Crippen LogP contribution in [0.3, 0.4) is 0 Å². The quantitative estimate of drug-likeness (QED) is 0.803. The van der Waals surface area contributed by atoms with Gasteiger partial charge in [0.15, 0.2) is 5.16 Å². The van der Waals surface area contributed by atoms with Crippen LogP contribution in [0.2, 0.25) is 0 Å². The average molecular weight is 421 g/mol. The summed E-state index contributed by atoms with van der Waals surface area (Å²) in [4.78, 5) is 25.3. The first-order valence-electron chi connectivity index (χ1n) is 9.86. The number of benzene rings is 1. The number of halogens is 1. The van der Waals surface area contributed by atoms with Crippen LogP contribution in [0.15, 0.2) is 22.3 Å². The summed E-state index contributed by atoms with van der Waals surface area (Å²) in [7, 11) is 0.278. The first-order valence-corrected chi connectivity index (χ1v) is 11.2. The number of carbonyl (C=O) groups is 1. The number of aliphatic imine (C=N–C) groups is 1. The molecule has 3 atom stereocenters. The molecule has 1 fully saturated rings. The molecule has 1 saturated heterocycles. The number of piperidine rings is 1. The molecule has 2 aromatic rings. The minimum atomic E-state index is -1.41. The molecule has 3 unspecified atom stereocenters. The number of H-pyrrole nitrogens is 1. The Bertz CT molecular complexity index is 980. The number of hydrogen-bond acceptors (Lipinski definition) is 6. The third-order valence-electron chi connectivity index (χ3n) is 5.80. The minimum Gasteiger partial charge on any atom is -0.381 e. The Labute approximate surface area is 171 Å². The highest BCUT2D eigenvalue weighted by Gasteiger charge is 2.27. The molecule has 7 nitrogen and oxygen atoms in total. The molecule has 0 radical (unpaired) electrons. The fraction of sp³-hybridized carbons (Fsp3) is 0.550. The average Bonchev–Trinajstić information content (AvgIpc) is 3.12. The van der Waals surface area contributed by atoms with Gasteiger partial charge in [-0.15, -0.1) is 0 Å². The molecule has 1 aromatic carbocycles. The van der Waals surface area contributed by atoms with Crippen molar-refractivity contribution >= 4 is 39.0 Å². The molecule has 4 rings (SSSR count). The first-order chi connectivity index (χ1) is 14.0. The number of Topliss-reactive ketones (excluding diaryl/α,β-unsaturated/α-hetero) is 1. The topological polar surface area (TPSA) is 87.7 Å². The molecule has 0 aliphatic carbocycles. The fourth-order valence-electron chi connectivity index (χ4n) is 3.99. The Kier molecular flexibility index (Phi) is 5.78. The van der Waals surface area contributed by atoms with E-state index in [1.807, 2.05) is 11.8 Å². The lowest BCUT2D eigenvalue weighted by Crippen LogP contribution is -2.35. The number of ether oxygens (including phenoxy) is 1. The van der Waals surface area contributed by atoms with Gasteiger partial charge < -0.3 is 14.6 Å². The number of aromatic amines is 1. The summed E-state index contributed by atoms with van der Waals surface area (Å²) in [6, 6.07) is 3.05. The predicted octanol–water partition coefficient (Wildman–Crippen LogP) is 2.47. The molecule has 0 bridgehead atoms. The highest BCUT2D eigenvalue weighted by atomic mass is 32.2. The van der Waals surface area contributed by atoms with E-state index in [-0.39, 0.29) is 29.4 Å². The van der Waals surface area contributed by atoms with Crippen molar-refractivity contribution in [3.05, 3.63) is 17.9 Å². The normalized spacial score (nSPS) is 24.0. The molecular formula is C20H25FN4O3S. The molecule has 2 aliphatic heterocycles. The van der Waals surface area contributed by atoms with Gasteiger partial charge in [0, 0.05) is 57.3 Å². The van der Waals surface area contributed by atoms with Crippen LogP contribution in [0.5, 0.6) is 0 Å². The summed E-state index contributed by atoms with van der Waals surface area (Å²) >= 11 is 0. The second kappa shape index (κ2) is 8.31. The van der Waals surface area contributed by atoms with Gasteiger partial charge >= 0.3 is 0 Å². The number of hydrogen-bond donors (Lipinski definition) is 1. The van der Waals surface area contributed by atoms with E-state index in [2.05, 4.69) is 15.0 Å². The molecule has 0 amide bonds.